The molecule has 4 aromatic rings. The van der Waals surface area contributed by atoms with E-state index in [1.807, 2.05) is 66.1 Å². The van der Waals surface area contributed by atoms with Crippen LogP contribution >= 0.6 is 11.8 Å². The molecule has 0 saturated carbocycles. The van der Waals surface area contributed by atoms with Crippen molar-refractivity contribution in [3.63, 3.8) is 0 Å². The molecule has 0 radical (unpaired) electrons. The molecule has 0 aliphatic carbocycles. The van der Waals surface area contributed by atoms with Gasteiger partial charge in [0.05, 0.1) is 23.3 Å². The number of hydrogen-bond donors (Lipinski definition) is 2. The van der Waals surface area contributed by atoms with E-state index in [-0.39, 0.29) is 11.6 Å². The van der Waals surface area contributed by atoms with Gasteiger partial charge in [-0.1, -0.05) is 30.0 Å². The summed E-state index contributed by atoms with van der Waals surface area (Å²) < 4.78 is 7.41. The lowest BCUT2D eigenvalue weighted by Crippen LogP contribution is -2.23. The SMILES string of the molecule is CCOc1ccc(NCc2nnc(S[C@H](C)C(=O)Nc3ccc([N+](=O)[O-])cc3)n2-c2ccccc2)cc1. The molecule has 11 heteroatoms. The monoisotopic (exact) mass is 518 g/mol. The van der Waals surface area contributed by atoms with Gasteiger partial charge in [0, 0.05) is 29.2 Å². The normalized spacial score (nSPS) is 11.5. The first-order valence-electron chi connectivity index (χ1n) is 11.6. The molecule has 0 fully saturated rings. The van der Waals surface area contributed by atoms with Crippen molar-refractivity contribution in [1.82, 2.24) is 14.8 Å². The minimum absolute atomic E-state index is 0.0391. The Balaban J connectivity index is 1.48. The van der Waals surface area contributed by atoms with Crippen molar-refractivity contribution in [3.8, 4) is 11.4 Å². The standard InChI is InChI=1S/C26H26N6O4S/c1-3-36-23-15-11-19(12-16-23)27-17-24-29-30-26(31(24)21-7-5-4-6-8-21)37-18(2)25(33)28-20-9-13-22(14-10-20)32(34)35/h4-16,18,27H,3,17H2,1-2H3,(H,28,33)/t18-/m1/s1. The largest absolute Gasteiger partial charge is 0.494 e. The van der Waals surface area contributed by atoms with Crippen LogP contribution in [0.2, 0.25) is 0 Å². The van der Waals surface area contributed by atoms with Crippen molar-refractivity contribution < 1.29 is 14.5 Å². The first-order chi connectivity index (χ1) is 17.9. The molecule has 1 atom stereocenters. The Kier molecular flexibility index (Phi) is 8.37. The highest BCUT2D eigenvalue weighted by molar-refractivity contribution is 8.00. The zero-order valence-corrected chi connectivity index (χ0v) is 21.1. The van der Waals surface area contributed by atoms with Gasteiger partial charge in [-0.3, -0.25) is 19.5 Å². The molecule has 0 aliphatic heterocycles. The van der Waals surface area contributed by atoms with Crippen LogP contribution in [0.5, 0.6) is 5.75 Å². The number of nitrogens with one attached hydrogen (secondary N) is 2. The summed E-state index contributed by atoms with van der Waals surface area (Å²) in [6, 6.07) is 23.1. The van der Waals surface area contributed by atoms with Gasteiger partial charge in [0.25, 0.3) is 5.69 Å². The number of thioether (sulfide) groups is 1. The van der Waals surface area contributed by atoms with Crippen LogP contribution in [0.1, 0.15) is 19.7 Å². The summed E-state index contributed by atoms with van der Waals surface area (Å²) in [6.45, 7) is 4.74. The van der Waals surface area contributed by atoms with Crippen LogP contribution in [0.15, 0.2) is 84.0 Å². The van der Waals surface area contributed by atoms with E-state index in [4.69, 9.17) is 4.74 Å². The third-order valence-electron chi connectivity index (χ3n) is 5.33. The Morgan fingerprint density at radius 3 is 2.35 bits per heavy atom. The molecule has 0 aliphatic rings. The highest BCUT2D eigenvalue weighted by atomic mass is 32.2. The first-order valence-corrected chi connectivity index (χ1v) is 12.5. The van der Waals surface area contributed by atoms with E-state index in [0.29, 0.717) is 29.8 Å². The van der Waals surface area contributed by atoms with Crippen LogP contribution in [-0.4, -0.2) is 37.5 Å². The lowest BCUT2D eigenvalue weighted by atomic mass is 10.3. The topological polar surface area (TPSA) is 124 Å². The number of nitro benzene ring substituents is 1. The molecule has 37 heavy (non-hydrogen) atoms. The maximum absolute atomic E-state index is 12.8. The van der Waals surface area contributed by atoms with Gasteiger partial charge < -0.3 is 15.4 Å². The van der Waals surface area contributed by atoms with Gasteiger partial charge in [-0.25, -0.2) is 0 Å². The molecule has 0 saturated heterocycles. The summed E-state index contributed by atoms with van der Waals surface area (Å²) in [7, 11) is 0. The number of nitro groups is 1. The second-order valence-electron chi connectivity index (χ2n) is 7.93. The van der Waals surface area contributed by atoms with Crippen molar-refractivity contribution in [1.29, 1.82) is 0 Å². The maximum Gasteiger partial charge on any atom is 0.269 e. The van der Waals surface area contributed by atoms with E-state index < -0.39 is 10.2 Å². The predicted molar refractivity (Wildman–Crippen MR) is 143 cm³/mol. The van der Waals surface area contributed by atoms with E-state index in [9.17, 15) is 14.9 Å². The molecule has 4 rings (SSSR count). The van der Waals surface area contributed by atoms with Crippen molar-refractivity contribution in [2.24, 2.45) is 0 Å². The second kappa shape index (κ2) is 12.0. The van der Waals surface area contributed by atoms with Crippen LogP contribution in [0, 0.1) is 10.1 Å². The number of anilines is 2. The van der Waals surface area contributed by atoms with Crippen LogP contribution in [0.4, 0.5) is 17.1 Å². The lowest BCUT2D eigenvalue weighted by Gasteiger charge is -2.14. The fourth-order valence-electron chi connectivity index (χ4n) is 3.47. The number of para-hydroxylation sites is 1. The number of non-ortho nitro benzene ring substituents is 1. The van der Waals surface area contributed by atoms with Gasteiger partial charge in [0.1, 0.15) is 5.75 Å². The van der Waals surface area contributed by atoms with Crippen molar-refractivity contribution in [2.75, 3.05) is 17.2 Å². The average Bonchev–Trinajstić information content (AvgIpc) is 3.31. The van der Waals surface area contributed by atoms with Crippen LogP contribution in [-0.2, 0) is 11.3 Å². The quantitative estimate of drug-likeness (QED) is 0.156. The summed E-state index contributed by atoms with van der Waals surface area (Å²) in [4.78, 5) is 23.2. The van der Waals surface area contributed by atoms with Crippen LogP contribution in [0.3, 0.4) is 0 Å². The summed E-state index contributed by atoms with van der Waals surface area (Å²) in [5, 5.41) is 25.8. The molecule has 1 heterocycles. The van der Waals surface area contributed by atoms with Crippen LogP contribution in [0.25, 0.3) is 5.69 Å². The molecule has 0 unspecified atom stereocenters. The molecule has 3 aromatic carbocycles. The summed E-state index contributed by atoms with van der Waals surface area (Å²) in [5.74, 6) is 1.24. The van der Waals surface area contributed by atoms with Gasteiger partial charge in [-0.15, -0.1) is 10.2 Å². The van der Waals surface area contributed by atoms with Crippen LogP contribution < -0.4 is 15.4 Å². The Morgan fingerprint density at radius 1 is 1.03 bits per heavy atom. The third kappa shape index (κ3) is 6.64. The Hall–Kier alpha value is -4.38. The molecule has 1 amide bonds. The molecule has 0 spiro atoms. The average molecular weight is 519 g/mol. The number of benzene rings is 3. The zero-order valence-electron chi connectivity index (χ0n) is 20.3. The van der Waals surface area contributed by atoms with Gasteiger partial charge in [0.15, 0.2) is 11.0 Å². The molecular weight excluding hydrogens is 492 g/mol. The molecule has 10 nitrogen and oxygen atoms in total. The lowest BCUT2D eigenvalue weighted by molar-refractivity contribution is -0.384. The number of nitrogens with zero attached hydrogens (tertiary/aromatic N) is 4. The fourth-order valence-corrected chi connectivity index (χ4v) is 4.35. The van der Waals surface area contributed by atoms with Gasteiger partial charge >= 0.3 is 0 Å². The second-order valence-corrected chi connectivity index (χ2v) is 9.24. The van der Waals surface area contributed by atoms with Gasteiger partial charge in [-0.05, 0) is 62.4 Å². The van der Waals surface area contributed by atoms with Gasteiger partial charge in [-0.2, -0.15) is 0 Å². The molecule has 1 aromatic heterocycles. The zero-order chi connectivity index (χ0) is 26.2. The third-order valence-corrected chi connectivity index (χ3v) is 6.37. The first kappa shape index (κ1) is 25.7. The van der Waals surface area contributed by atoms with E-state index >= 15 is 0 Å². The highest BCUT2D eigenvalue weighted by Crippen LogP contribution is 2.27. The number of amides is 1. The van der Waals surface area contributed by atoms with Crippen molar-refractivity contribution in [2.45, 2.75) is 30.8 Å². The number of carbonyl (C=O) groups excluding carboxylic acids is 1. The minimum atomic E-state index is -0.506. The Labute approximate surface area is 218 Å². The number of aromatic nitrogens is 3. The molecule has 190 valence electrons. The summed E-state index contributed by atoms with van der Waals surface area (Å²) in [5.41, 5.74) is 2.23. The number of carbonyl (C=O) groups is 1. The highest BCUT2D eigenvalue weighted by Gasteiger charge is 2.21. The molecule has 0 bridgehead atoms. The molecule has 2 N–H and O–H groups in total. The van der Waals surface area contributed by atoms with Crippen molar-refractivity contribution >= 4 is 34.7 Å². The smallest absolute Gasteiger partial charge is 0.269 e. The van der Waals surface area contributed by atoms with E-state index in [1.54, 1.807) is 6.92 Å². The summed E-state index contributed by atoms with van der Waals surface area (Å²) >= 11 is 1.28. The minimum Gasteiger partial charge on any atom is -0.494 e. The number of ether oxygens (including phenoxy) is 1. The van der Waals surface area contributed by atoms with E-state index in [0.717, 1.165) is 17.1 Å². The predicted octanol–water partition coefficient (Wildman–Crippen LogP) is 5.31. The van der Waals surface area contributed by atoms with Crippen molar-refractivity contribution in [3.05, 3.63) is 94.8 Å². The molecular formula is C26H26N6O4S. The van der Waals surface area contributed by atoms with E-state index in [1.165, 1.54) is 36.0 Å². The Morgan fingerprint density at radius 2 is 1.70 bits per heavy atom. The maximum atomic E-state index is 12.8. The Bertz CT molecular complexity index is 1340. The van der Waals surface area contributed by atoms with Gasteiger partial charge in [0.2, 0.25) is 5.91 Å². The fraction of sp³-hybridized carbons (Fsp3) is 0.192. The number of rotatable bonds is 11. The summed E-state index contributed by atoms with van der Waals surface area (Å²) in [6.07, 6.45) is 0. The van der Waals surface area contributed by atoms with E-state index in [2.05, 4.69) is 20.8 Å². The number of hydrogen-bond acceptors (Lipinski definition) is 8.